The van der Waals surface area contributed by atoms with Gasteiger partial charge in [-0.3, -0.25) is 14.6 Å². The highest BCUT2D eigenvalue weighted by atomic mass is 16.7. The number of ether oxygens (including phenoxy) is 2. The number of nitrogens with two attached hydrogens (primary N) is 1. The van der Waals surface area contributed by atoms with Crippen LogP contribution in [0.2, 0.25) is 0 Å². The number of rotatable bonds is 11. The molecule has 13 nitrogen and oxygen atoms in total. The molecule has 13 heteroatoms. The largest absolute Gasteiger partial charge is 0.424 e. The molecular weight excluding hydrogens is 566 g/mol. The quantitative estimate of drug-likeness (QED) is 0.109. The van der Waals surface area contributed by atoms with Gasteiger partial charge in [-0.2, -0.15) is 0 Å². The van der Waals surface area contributed by atoms with Crippen molar-refractivity contribution in [3.05, 3.63) is 82.4 Å². The zero-order valence-corrected chi connectivity index (χ0v) is 25.2. The molecule has 0 spiro atoms. The molecule has 0 radical (unpaired) electrons. The van der Waals surface area contributed by atoms with Crippen molar-refractivity contribution in [3.8, 4) is 0 Å². The maximum atomic E-state index is 13.6. The Morgan fingerprint density at radius 1 is 1.16 bits per heavy atom. The summed E-state index contributed by atoms with van der Waals surface area (Å²) in [5.74, 6) is -1.13. The Morgan fingerprint density at radius 3 is 2.59 bits per heavy atom. The average Bonchev–Trinajstić information content (AvgIpc) is 3.74. The molecule has 3 amide bonds. The van der Waals surface area contributed by atoms with Crippen molar-refractivity contribution in [1.82, 2.24) is 20.2 Å². The van der Waals surface area contributed by atoms with Crippen molar-refractivity contribution in [1.29, 1.82) is 0 Å². The molecule has 1 aliphatic carbocycles. The van der Waals surface area contributed by atoms with Crippen molar-refractivity contribution in [3.63, 3.8) is 0 Å². The maximum absolute atomic E-state index is 13.6. The topological polar surface area (TPSA) is 181 Å². The molecule has 1 saturated carbocycles. The number of imide groups is 1. The van der Waals surface area contributed by atoms with Crippen LogP contribution in [0.4, 0.5) is 10.5 Å². The Labute approximate surface area is 255 Å². The fourth-order valence-corrected chi connectivity index (χ4v) is 4.27. The van der Waals surface area contributed by atoms with E-state index >= 15 is 0 Å². The Morgan fingerprint density at radius 2 is 1.93 bits per heavy atom. The number of aryl methyl sites for hydroxylation is 1. The molecule has 1 unspecified atom stereocenters. The van der Waals surface area contributed by atoms with E-state index in [1.54, 1.807) is 32.0 Å². The molecule has 3 aromatic rings. The molecule has 232 valence electrons. The molecule has 2 aromatic heterocycles. The first-order chi connectivity index (χ1) is 21.1. The van der Waals surface area contributed by atoms with E-state index in [-0.39, 0.29) is 29.6 Å². The molecule has 1 aromatic carbocycles. The SMILES string of the molecule is CCCN(C(=O)OCOC(=O)c1cccnc1)C(=O)c1c[nH]c(/C(=N\C(C)N)Nc2cc(C(=O)NC3CC3)ccc2C)c1C. The molecule has 4 rings (SSSR count). The van der Waals surface area contributed by atoms with Gasteiger partial charge in [0, 0.05) is 42.4 Å². The van der Waals surface area contributed by atoms with Crippen LogP contribution in [0.25, 0.3) is 0 Å². The number of hydrogen-bond acceptors (Lipinski definition) is 9. The lowest BCUT2D eigenvalue weighted by molar-refractivity contribution is -0.0105. The van der Waals surface area contributed by atoms with E-state index in [2.05, 4.69) is 25.6 Å². The number of benzene rings is 1. The molecule has 0 bridgehead atoms. The Kier molecular flexibility index (Phi) is 10.5. The average molecular weight is 604 g/mol. The number of nitrogens with zero attached hydrogens (tertiary/aromatic N) is 3. The minimum atomic E-state index is -0.961. The van der Waals surface area contributed by atoms with Crippen molar-refractivity contribution in [2.45, 2.75) is 59.2 Å². The second-order valence-electron chi connectivity index (χ2n) is 10.5. The van der Waals surface area contributed by atoms with Crippen LogP contribution < -0.4 is 16.4 Å². The molecule has 0 aliphatic heterocycles. The number of aromatic nitrogens is 2. The summed E-state index contributed by atoms with van der Waals surface area (Å²) in [6.07, 6.45) is 5.19. The predicted molar refractivity (Wildman–Crippen MR) is 163 cm³/mol. The zero-order valence-electron chi connectivity index (χ0n) is 25.2. The number of aromatic amines is 1. The Bertz CT molecular complexity index is 1550. The molecule has 0 saturated heterocycles. The molecule has 1 aliphatic rings. The van der Waals surface area contributed by atoms with Crippen LogP contribution in [-0.2, 0) is 9.47 Å². The number of nitrogens with one attached hydrogen (secondary N) is 3. The van der Waals surface area contributed by atoms with Gasteiger partial charge in [0.2, 0.25) is 6.79 Å². The molecule has 5 N–H and O–H groups in total. The van der Waals surface area contributed by atoms with Gasteiger partial charge in [0.1, 0.15) is 0 Å². The second kappa shape index (κ2) is 14.4. The highest BCUT2D eigenvalue weighted by Crippen LogP contribution is 2.23. The van der Waals surface area contributed by atoms with Gasteiger partial charge < -0.3 is 30.8 Å². The van der Waals surface area contributed by atoms with Crippen LogP contribution in [0.15, 0.2) is 53.9 Å². The van der Waals surface area contributed by atoms with Crippen LogP contribution in [0.5, 0.6) is 0 Å². The normalized spacial score (nSPS) is 13.5. The highest BCUT2D eigenvalue weighted by Gasteiger charge is 2.28. The number of H-pyrrole nitrogens is 1. The molecular formula is C31H37N7O6. The first-order valence-electron chi connectivity index (χ1n) is 14.3. The number of aliphatic imine (C=N–C) groups is 1. The van der Waals surface area contributed by atoms with E-state index in [9.17, 15) is 19.2 Å². The van der Waals surface area contributed by atoms with E-state index in [0.717, 1.165) is 23.3 Å². The summed E-state index contributed by atoms with van der Waals surface area (Å²) >= 11 is 0. The summed E-state index contributed by atoms with van der Waals surface area (Å²) < 4.78 is 10.1. The monoisotopic (exact) mass is 603 g/mol. The van der Waals surface area contributed by atoms with Crippen LogP contribution in [-0.4, -0.2) is 70.1 Å². The van der Waals surface area contributed by atoms with E-state index in [1.807, 2.05) is 19.9 Å². The summed E-state index contributed by atoms with van der Waals surface area (Å²) in [7, 11) is 0. The highest BCUT2D eigenvalue weighted by molar-refractivity contribution is 6.12. The third-order valence-electron chi connectivity index (χ3n) is 6.79. The van der Waals surface area contributed by atoms with Crippen molar-refractivity contribution in [2.24, 2.45) is 10.7 Å². The molecule has 1 atom stereocenters. The number of carbonyl (C=O) groups is 4. The van der Waals surface area contributed by atoms with Crippen LogP contribution in [0.3, 0.4) is 0 Å². The standard InChI is InChI=1S/C31H37N7O6/c1-5-13-38(31(42)44-17-43-30(41)22-7-6-12-33-15-22)29(40)24-16-34-26(19(24)3)27(35-20(4)32)37-25-14-21(9-8-18(25)2)28(39)36-23-10-11-23/h6-9,12,14-16,20,23,34H,5,10-11,13,17,32H2,1-4H3,(H,35,37)(H,36,39). The number of anilines is 1. The number of amidine groups is 1. The minimum absolute atomic E-state index is 0.0715. The lowest BCUT2D eigenvalue weighted by Gasteiger charge is -2.20. The van der Waals surface area contributed by atoms with Crippen molar-refractivity contribution in [2.75, 3.05) is 18.7 Å². The van der Waals surface area contributed by atoms with Crippen LogP contribution in [0, 0.1) is 13.8 Å². The maximum Gasteiger partial charge on any atom is 0.419 e. The fourth-order valence-electron chi connectivity index (χ4n) is 4.27. The van der Waals surface area contributed by atoms with Gasteiger partial charge in [0.15, 0.2) is 5.84 Å². The van der Waals surface area contributed by atoms with E-state index in [0.29, 0.717) is 34.8 Å². The first kappa shape index (κ1) is 31.9. The Balaban J connectivity index is 1.50. The summed E-state index contributed by atoms with van der Waals surface area (Å²) in [6, 6.07) is 8.65. The molecule has 44 heavy (non-hydrogen) atoms. The van der Waals surface area contributed by atoms with Crippen molar-refractivity contribution < 1.29 is 28.7 Å². The number of amides is 3. The predicted octanol–water partition coefficient (Wildman–Crippen LogP) is 3.89. The van der Waals surface area contributed by atoms with Crippen molar-refractivity contribution >= 4 is 35.4 Å². The minimum Gasteiger partial charge on any atom is -0.424 e. The lowest BCUT2D eigenvalue weighted by Crippen LogP contribution is -2.38. The number of esters is 1. The van der Waals surface area contributed by atoms with E-state index in [4.69, 9.17) is 15.2 Å². The first-order valence-corrected chi connectivity index (χ1v) is 14.3. The summed E-state index contributed by atoms with van der Waals surface area (Å²) in [6.45, 7) is 6.52. The summed E-state index contributed by atoms with van der Waals surface area (Å²) in [4.78, 5) is 63.6. The van der Waals surface area contributed by atoms with Crippen LogP contribution >= 0.6 is 0 Å². The smallest absolute Gasteiger partial charge is 0.419 e. The third-order valence-corrected chi connectivity index (χ3v) is 6.79. The van der Waals surface area contributed by atoms with Gasteiger partial charge in [-0.15, -0.1) is 0 Å². The number of pyridine rings is 1. The Hall–Kier alpha value is -5.04. The fraction of sp³-hybridized carbons (Fsp3) is 0.355. The summed E-state index contributed by atoms with van der Waals surface area (Å²) in [5.41, 5.74) is 9.45. The summed E-state index contributed by atoms with van der Waals surface area (Å²) in [5, 5.41) is 6.26. The van der Waals surface area contributed by atoms with Gasteiger partial charge in [-0.1, -0.05) is 13.0 Å². The van der Waals surface area contributed by atoms with Gasteiger partial charge in [0.05, 0.1) is 23.0 Å². The third kappa shape index (κ3) is 8.07. The van der Waals surface area contributed by atoms with E-state index in [1.165, 1.54) is 24.7 Å². The van der Waals surface area contributed by atoms with Gasteiger partial charge >= 0.3 is 12.1 Å². The number of hydrogen-bond donors (Lipinski definition) is 4. The second-order valence-corrected chi connectivity index (χ2v) is 10.5. The van der Waals surface area contributed by atoms with Gasteiger partial charge in [-0.25, -0.2) is 19.5 Å². The zero-order chi connectivity index (χ0) is 31.8. The lowest BCUT2D eigenvalue weighted by atomic mass is 10.1. The van der Waals surface area contributed by atoms with Gasteiger partial charge in [0.25, 0.3) is 11.8 Å². The van der Waals surface area contributed by atoms with Gasteiger partial charge in [-0.05, 0) is 75.4 Å². The molecule has 2 heterocycles. The van der Waals surface area contributed by atoms with E-state index < -0.39 is 30.9 Å². The molecule has 1 fully saturated rings. The van der Waals surface area contributed by atoms with Crippen LogP contribution in [0.1, 0.15) is 81.0 Å². The number of carbonyl (C=O) groups excluding carboxylic acids is 4.